The van der Waals surface area contributed by atoms with Gasteiger partial charge in [0.25, 0.3) is 5.91 Å². The Kier molecular flexibility index (Phi) is 8.32. The molecule has 0 aliphatic rings. The highest BCUT2D eigenvalue weighted by Crippen LogP contribution is 2.36. The minimum absolute atomic E-state index is 0.246. The molecule has 0 aliphatic carbocycles. The van der Waals surface area contributed by atoms with E-state index in [0.29, 0.717) is 26.3 Å². The Hall–Kier alpha value is -3.24. The number of para-hydroxylation sites is 1. The number of esters is 1. The number of ether oxygens (including phenoxy) is 1. The van der Waals surface area contributed by atoms with Crippen LogP contribution in [0.2, 0.25) is 5.02 Å². The second-order valence-corrected chi connectivity index (χ2v) is 11.4. The molecule has 2 N–H and O–H groups in total. The minimum atomic E-state index is -0.565. The molecular formula is C29H17Br3ClN3O3. The third kappa shape index (κ3) is 6.01. The Balaban J connectivity index is 1.44. The van der Waals surface area contributed by atoms with Gasteiger partial charge in [-0.3, -0.25) is 4.79 Å². The van der Waals surface area contributed by atoms with Gasteiger partial charge in [-0.25, -0.2) is 10.2 Å². The molecule has 10 heteroatoms. The summed E-state index contributed by atoms with van der Waals surface area (Å²) >= 11 is 16.4. The van der Waals surface area contributed by atoms with Gasteiger partial charge in [-0.1, -0.05) is 70.0 Å². The lowest BCUT2D eigenvalue weighted by Crippen LogP contribution is -2.19. The van der Waals surface area contributed by atoms with Crippen LogP contribution in [0.4, 0.5) is 0 Å². The number of nitrogens with one attached hydrogen (secondary N) is 2. The van der Waals surface area contributed by atoms with Crippen LogP contribution in [0.3, 0.4) is 0 Å². The van der Waals surface area contributed by atoms with Crippen LogP contribution in [0, 0.1) is 0 Å². The van der Waals surface area contributed by atoms with Gasteiger partial charge in [0.1, 0.15) is 5.69 Å². The van der Waals surface area contributed by atoms with Crippen molar-refractivity contribution in [1.82, 2.24) is 10.4 Å². The predicted octanol–water partition coefficient (Wildman–Crippen LogP) is 8.76. The van der Waals surface area contributed by atoms with Crippen molar-refractivity contribution in [3.63, 3.8) is 0 Å². The monoisotopic (exact) mass is 727 g/mol. The van der Waals surface area contributed by atoms with Crippen molar-refractivity contribution in [3.05, 3.63) is 120 Å². The van der Waals surface area contributed by atoms with E-state index in [9.17, 15) is 9.59 Å². The molecule has 0 aliphatic heterocycles. The highest BCUT2D eigenvalue weighted by molar-refractivity contribution is 9.11. The number of rotatable bonds is 6. The summed E-state index contributed by atoms with van der Waals surface area (Å²) in [7, 11) is 0. The van der Waals surface area contributed by atoms with E-state index in [0.717, 1.165) is 31.0 Å². The van der Waals surface area contributed by atoms with E-state index >= 15 is 0 Å². The molecule has 0 saturated carbocycles. The molecule has 5 aromatic rings. The third-order valence-electron chi connectivity index (χ3n) is 5.75. The van der Waals surface area contributed by atoms with E-state index in [4.69, 9.17) is 16.3 Å². The van der Waals surface area contributed by atoms with Gasteiger partial charge in [0.15, 0.2) is 5.75 Å². The fourth-order valence-electron chi connectivity index (χ4n) is 3.99. The number of halogens is 4. The maximum absolute atomic E-state index is 13.3. The van der Waals surface area contributed by atoms with Crippen LogP contribution in [0.25, 0.3) is 22.0 Å². The molecule has 4 aromatic carbocycles. The largest absolute Gasteiger partial charge is 0.421 e. The van der Waals surface area contributed by atoms with Gasteiger partial charge in [0.05, 0.1) is 21.8 Å². The summed E-state index contributed by atoms with van der Waals surface area (Å²) in [5, 5.41) is 5.58. The smallest absolute Gasteiger partial charge is 0.343 e. The summed E-state index contributed by atoms with van der Waals surface area (Å²) < 4.78 is 7.75. The molecule has 0 radical (unpaired) electrons. The topological polar surface area (TPSA) is 83.5 Å². The first-order valence-corrected chi connectivity index (χ1v) is 14.2. The number of nitrogens with zero attached hydrogens (tertiary/aromatic N) is 1. The number of amides is 1. The summed E-state index contributed by atoms with van der Waals surface area (Å²) in [6.45, 7) is 0. The van der Waals surface area contributed by atoms with Gasteiger partial charge in [-0.15, -0.1) is 0 Å². The van der Waals surface area contributed by atoms with E-state index < -0.39 is 11.9 Å². The number of fused-ring (bicyclic) bond motifs is 1. The molecule has 0 spiro atoms. The molecule has 1 heterocycles. The number of H-pyrrole nitrogens is 1. The van der Waals surface area contributed by atoms with E-state index in [1.54, 1.807) is 36.4 Å². The fourth-order valence-corrected chi connectivity index (χ4v) is 5.92. The SMILES string of the molecule is O=C(Oc1c(Br)cc(Br)cc1C=NNC(=O)c1[nH]c2c(Br)cccc2c1-c1ccccc1)c1ccc(Cl)cc1. The van der Waals surface area contributed by atoms with Crippen LogP contribution in [0.5, 0.6) is 5.75 Å². The molecule has 39 heavy (non-hydrogen) atoms. The summed E-state index contributed by atoms with van der Waals surface area (Å²) in [6.07, 6.45) is 1.42. The average Bonchev–Trinajstić information content (AvgIpc) is 3.32. The quantitative estimate of drug-likeness (QED) is 0.0794. The van der Waals surface area contributed by atoms with Crippen LogP contribution in [-0.4, -0.2) is 23.1 Å². The maximum atomic E-state index is 13.3. The van der Waals surface area contributed by atoms with Crippen LogP contribution >= 0.6 is 59.4 Å². The van der Waals surface area contributed by atoms with Crippen molar-refractivity contribution in [3.8, 4) is 16.9 Å². The second kappa shape index (κ2) is 11.9. The molecule has 194 valence electrons. The minimum Gasteiger partial charge on any atom is -0.421 e. The van der Waals surface area contributed by atoms with E-state index in [1.165, 1.54) is 6.21 Å². The van der Waals surface area contributed by atoms with E-state index in [2.05, 4.69) is 63.3 Å². The highest BCUT2D eigenvalue weighted by Gasteiger charge is 2.20. The molecule has 0 bridgehead atoms. The van der Waals surface area contributed by atoms with Crippen molar-refractivity contribution in [2.45, 2.75) is 0 Å². The first kappa shape index (κ1) is 27.3. The number of benzene rings is 4. The van der Waals surface area contributed by atoms with Gasteiger partial charge in [0, 0.05) is 30.5 Å². The molecule has 6 nitrogen and oxygen atoms in total. The lowest BCUT2D eigenvalue weighted by Gasteiger charge is -2.11. The predicted molar refractivity (Wildman–Crippen MR) is 165 cm³/mol. The van der Waals surface area contributed by atoms with E-state index in [1.807, 2.05) is 48.5 Å². The van der Waals surface area contributed by atoms with Crippen molar-refractivity contribution in [1.29, 1.82) is 0 Å². The summed E-state index contributed by atoms with van der Waals surface area (Å²) in [6, 6.07) is 25.3. The Morgan fingerprint density at radius 2 is 1.64 bits per heavy atom. The van der Waals surface area contributed by atoms with Crippen molar-refractivity contribution in [2.24, 2.45) is 5.10 Å². The second-order valence-electron chi connectivity index (χ2n) is 8.30. The third-order valence-corrected chi connectivity index (χ3v) is 7.71. The Morgan fingerprint density at radius 1 is 0.897 bits per heavy atom. The number of hydrazone groups is 1. The van der Waals surface area contributed by atoms with Crippen LogP contribution in [0.1, 0.15) is 26.4 Å². The van der Waals surface area contributed by atoms with Crippen LogP contribution < -0.4 is 10.2 Å². The number of hydrogen-bond acceptors (Lipinski definition) is 4. The lowest BCUT2D eigenvalue weighted by molar-refractivity contribution is 0.0733. The molecule has 1 amide bonds. The average molecular weight is 731 g/mol. The number of aromatic amines is 1. The van der Waals surface area contributed by atoms with Crippen molar-refractivity contribution in [2.75, 3.05) is 0 Å². The normalized spacial score (nSPS) is 11.2. The molecule has 0 atom stereocenters. The first-order chi connectivity index (χ1) is 18.8. The molecule has 0 unspecified atom stereocenters. The number of aromatic nitrogens is 1. The van der Waals surface area contributed by atoms with Crippen LogP contribution in [0.15, 0.2) is 103 Å². The highest BCUT2D eigenvalue weighted by atomic mass is 79.9. The molecule has 5 rings (SSSR count). The number of carbonyl (C=O) groups is 2. The summed E-state index contributed by atoms with van der Waals surface area (Å²) in [5.41, 5.74) is 6.22. The lowest BCUT2D eigenvalue weighted by atomic mass is 10.0. The Labute approximate surface area is 253 Å². The maximum Gasteiger partial charge on any atom is 0.343 e. The summed E-state index contributed by atoms with van der Waals surface area (Å²) in [5.74, 6) is -0.748. The van der Waals surface area contributed by atoms with Gasteiger partial charge in [-0.05, 0) is 79.9 Å². The first-order valence-electron chi connectivity index (χ1n) is 11.5. The van der Waals surface area contributed by atoms with Gasteiger partial charge < -0.3 is 9.72 Å². The Bertz CT molecular complexity index is 1740. The zero-order valence-corrected chi connectivity index (χ0v) is 25.4. The molecular weight excluding hydrogens is 714 g/mol. The zero-order chi connectivity index (χ0) is 27.5. The standard InChI is InChI=1S/C29H17Br3ClN3O3/c30-19-13-18(27(23(32)14-19)39-29(38)17-9-11-20(33)12-10-17)15-34-36-28(37)26-24(16-5-2-1-3-6-16)21-7-4-8-22(31)25(21)35-26/h1-15,35H,(H,36,37). The zero-order valence-electron chi connectivity index (χ0n) is 19.8. The van der Waals surface area contributed by atoms with Gasteiger partial charge in [-0.2, -0.15) is 5.10 Å². The fraction of sp³-hybridized carbons (Fsp3) is 0. The van der Waals surface area contributed by atoms with Crippen molar-refractivity contribution < 1.29 is 14.3 Å². The number of carbonyl (C=O) groups excluding carboxylic acids is 2. The molecule has 0 saturated heterocycles. The summed E-state index contributed by atoms with van der Waals surface area (Å²) in [4.78, 5) is 29.3. The van der Waals surface area contributed by atoms with E-state index in [-0.39, 0.29) is 5.75 Å². The van der Waals surface area contributed by atoms with Crippen molar-refractivity contribution >= 4 is 88.4 Å². The van der Waals surface area contributed by atoms with Gasteiger partial charge in [0.2, 0.25) is 0 Å². The van der Waals surface area contributed by atoms with Gasteiger partial charge >= 0.3 is 5.97 Å². The molecule has 1 aromatic heterocycles. The Morgan fingerprint density at radius 3 is 2.38 bits per heavy atom. The number of hydrogen-bond donors (Lipinski definition) is 2. The van der Waals surface area contributed by atoms with Crippen LogP contribution in [-0.2, 0) is 0 Å². The molecule has 0 fully saturated rings.